The number of nitrogen functional groups attached to an aromatic ring is 1. The molecular weight excluding hydrogens is 250 g/mol. The molecule has 0 saturated heterocycles. The third-order valence-corrected chi connectivity index (χ3v) is 3.16. The van der Waals surface area contributed by atoms with E-state index in [1.54, 1.807) is 18.2 Å². The quantitative estimate of drug-likeness (QED) is 0.566. The molecule has 0 radical (unpaired) electrons. The molecule has 6 nitrogen and oxygen atoms in total. The number of hydrogen-bond donors (Lipinski definition) is 3. The van der Waals surface area contributed by atoms with E-state index in [0.29, 0.717) is 18.1 Å². The number of nitrogens with two attached hydrogens (primary N) is 1. The van der Waals surface area contributed by atoms with Crippen molar-refractivity contribution in [2.75, 3.05) is 5.43 Å². The van der Waals surface area contributed by atoms with Crippen molar-refractivity contribution >= 4 is 23.1 Å². The molecule has 0 bridgehead atoms. The van der Waals surface area contributed by atoms with Gasteiger partial charge in [-0.15, -0.1) is 11.3 Å². The normalized spacial score (nSPS) is 10.1. The Hall–Kier alpha value is -1.99. The summed E-state index contributed by atoms with van der Waals surface area (Å²) in [5, 5.41) is 5.57. The minimum atomic E-state index is -0.250. The number of hydrazine groups is 1. The summed E-state index contributed by atoms with van der Waals surface area (Å²) in [5.41, 5.74) is 3.67. The zero-order chi connectivity index (χ0) is 13.0. The van der Waals surface area contributed by atoms with E-state index < -0.39 is 0 Å². The average Bonchev–Trinajstić information content (AvgIpc) is 2.82. The molecule has 2 rings (SSSR count). The van der Waals surface area contributed by atoms with Gasteiger partial charge in [0.15, 0.2) is 0 Å². The van der Waals surface area contributed by atoms with Crippen LogP contribution in [0.15, 0.2) is 23.6 Å². The largest absolute Gasteiger partial charge is 0.344 e. The number of hydrogen-bond acceptors (Lipinski definition) is 6. The molecule has 2 aromatic heterocycles. The van der Waals surface area contributed by atoms with Crippen molar-refractivity contribution in [3.8, 4) is 0 Å². The molecule has 0 aliphatic rings. The van der Waals surface area contributed by atoms with E-state index in [4.69, 9.17) is 5.84 Å². The minimum absolute atomic E-state index is 0.250. The number of aryl methyl sites for hydroxylation is 1. The average molecular weight is 263 g/mol. The lowest BCUT2D eigenvalue weighted by Crippen LogP contribution is -2.24. The van der Waals surface area contributed by atoms with E-state index in [-0.39, 0.29) is 5.91 Å². The number of aromatic nitrogens is 2. The highest BCUT2D eigenvalue weighted by Gasteiger charge is 2.08. The van der Waals surface area contributed by atoms with Gasteiger partial charge in [-0.3, -0.25) is 4.79 Å². The van der Waals surface area contributed by atoms with Crippen molar-refractivity contribution in [2.24, 2.45) is 5.84 Å². The van der Waals surface area contributed by atoms with Crippen LogP contribution in [-0.2, 0) is 6.54 Å². The molecule has 0 fully saturated rings. The summed E-state index contributed by atoms with van der Waals surface area (Å²) in [6.45, 7) is 2.32. The molecule has 0 aliphatic heterocycles. The van der Waals surface area contributed by atoms with Crippen molar-refractivity contribution in [3.63, 3.8) is 0 Å². The lowest BCUT2D eigenvalue weighted by molar-refractivity contribution is 0.0946. The predicted molar refractivity (Wildman–Crippen MR) is 70.1 cm³/mol. The Morgan fingerprint density at radius 3 is 2.94 bits per heavy atom. The number of nitrogens with one attached hydrogen (secondary N) is 2. The number of carbonyl (C=O) groups excluding carboxylic acids is 1. The first-order valence-electron chi connectivity index (χ1n) is 5.32. The second kappa shape index (κ2) is 5.56. The summed E-state index contributed by atoms with van der Waals surface area (Å²) in [6, 6.07) is 5.02. The van der Waals surface area contributed by atoms with Gasteiger partial charge < -0.3 is 10.7 Å². The van der Waals surface area contributed by atoms with Crippen LogP contribution in [0.4, 0.5) is 5.82 Å². The van der Waals surface area contributed by atoms with Crippen LogP contribution in [0.2, 0.25) is 0 Å². The molecule has 0 aliphatic carbocycles. The van der Waals surface area contributed by atoms with Crippen molar-refractivity contribution in [2.45, 2.75) is 13.5 Å². The van der Waals surface area contributed by atoms with Crippen molar-refractivity contribution in [1.82, 2.24) is 15.3 Å². The second-order valence-corrected chi connectivity index (χ2v) is 4.56. The maximum absolute atomic E-state index is 11.8. The fourth-order valence-electron chi connectivity index (χ4n) is 1.37. The van der Waals surface area contributed by atoms with Crippen LogP contribution < -0.4 is 16.6 Å². The van der Waals surface area contributed by atoms with E-state index >= 15 is 0 Å². The molecule has 2 aromatic rings. The Morgan fingerprint density at radius 1 is 1.44 bits per heavy atom. The highest BCUT2D eigenvalue weighted by atomic mass is 32.1. The summed E-state index contributed by atoms with van der Waals surface area (Å²) in [7, 11) is 0. The first-order valence-corrected chi connectivity index (χ1v) is 6.20. The van der Waals surface area contributed by atoms with Crippen molar-refractivity contribution in [3.05, 3.63) is 40.0 Å². The molecule has 4 N–H and O–H groups in total. The Morgan fingerprint density at radius 2 is 2.28 bits per heavy atom. The van der Waals surface area contributed by atoms with E-state index in [0.717, 1.165) is 10.7 Å². The number of amides is 1. The standard InChI is InChI=1S/C11H13N5OS/c1-7-6-18-10(14-7)5-13-11(17)8-3-2-4-9(15-8)16-12/h2-4,6H,5,12H2,1H3,(H,13,17)(H,15,16). The predicted octanol–water partition coefficient (Wildman–Crippen LogP) is 1.06. The number of anilines is 1. The molecule has 18 heavy (non-hydrogen) atoms. The van der Waals surface area contributed by atoms with Crippen LogP contribution in [0.3, 0.4) is 0 Å². The van der Waals surface area contributed by atoms with Gasteiger partial charge in [0, 0.05) is 11.1 Å². The Kier molecular flexibility index (Phi) is 3.85. The summed E-state index contributed by atoms with van der Waals surface area (Å²) in [4.78, 5) is 20.1. The van der Waals surface area contributed by atoms with Gasteiger partial charge in [-0.1, -0.05) is 6.07 Å². The van der Waals surface area contributed by atoms with Gasteiger partial charge >= 0.3 is 0 Å². The van der Waals surface area contributed by atoms with Crippen molar-refractivity contribution in [1.29, 1.82) is 0 Å². The van der Waals surface area contributed by atoms with E-state index in [1.165, 1.54) is 11.3 Å². The second-order valence-electron chi connectivity index (χ2n) is 3.62. The molecule has 0 aromatic carbocycles. The first-order chi connectivity index (χ1) is 8.69. The number of pyridine rings is 1. The summed E-state index contributed by atoms with van der Waals surface area (Å²) in [5.74, 6) is 5.44. The number of carbonyl (C=O) groups is 1. The zero-order valence-corrected chi connectivity index (χ0v) is 10.6. The lowest BCUT2D eigenvalue weighted by Gasteiger charge is -2.04. The van der Waals surface area contributed by atoms with E-state index in [2.05, 4.69) is 20.7 Å². The minimum Gasteiger partial charge on any atom is -0.344 e. The van der Waals surface area contributed by atoms with Gasteiger partial charge in [-0.05, 0) is 19.1 Å². The summed E-state index contributed by atoms with van der Waals surface area (Å²) >= 11 is 1.52. The van der Waals surface area contributed by atoms with Gasteiger partial charge in [0.25, 0.3) is 5.91 Å². The molecule has 0 saturated carbocycles. The molecule has 2 heterocycles. The van der Waals surface area contributed by atoms with Crippen LogP contribution in [-0.4, -0.2) is 15.9 Å². The molecule has 0 spiro atoms. The number of thiazole rings is 1. The maximum Gasteiger partial charge on any atom is 0.270 e. The Labute approximate surface area is 108 Å². The Balaban J connectivity index is 1.99. The first kappa shape index (κ1) is 12.5. The third-order valence-electron chi connectivity index (χ3n) is 2.20. The molecule has 94 valence electrons. The van der Waals surface area contributed by atoms with Crippen LogP contribution >= 0.6 is 11.3 Å². The van der Waals surface area contributed by atoms with Gasteiger partial charge in [-0.25, -0.2) is 15.8 Å². The lowest BCUT2D eigenvalue weighted by atomic mass is 10.3. The van der Waals surface area contributed by atoms with E-state index in [9.17, 15) is 4.79 Å². The van der Waals surface area contributed by atoms with Gasteiger partial charge in [-0.2, -0.15) is 0 Å². The van der Waals surface area contributed by atoms with Crippen LogP contribution in [0, 0.1) is 6.92 Å². The smallest absolute Gasteiger partial charge is 0.270 e. The van der Waals surface area contributed by atoms with Crippen LogP contribution in [0.25, 0.3) is 0 Å². The molecule has 0 unspecified atom stereocenters. The highest BCUT2D eigenvalue weighted by molar-refractivity contribution is 7.09. The molecule has 7 heteroatoms. The zero-order valence-electron chi connectivity index (χ0n) is 9.80. The van der Waals surface area contributed by atoms with Gasteiger partial charge in [0.05, 0.1) is 6.54 Å². The van der Waals surface area contributed by atoms with Gasteiger partial charge in [0.2, 0.25) is 0 Å². The van der Waals surface area contributed by atoms with Gasteiger partial charge in [0.1, 0.15) is 16.5 Å². The van der Waals surface area contributed by atoms with Crippen molar-refractivity contribution < 1.29 is 4.79 Å². The van der Waals surface area contributed by atoms with Crippen LogP contribution in [0.5, 0.6) is 0 Å². The number of nitrogens with zero attached hydrogens (tertiary/aromatic N) is 2. The monoisotopic (exact) mass is 263 g/mol. The molecular formula is C11H13N5OS. The molecule has 0 atom stereocenters. The fraction of sp³-hybridized carbons (Fsp3) is 0.182. The highest BCUT2D eigenvalue weighted by Crippen LogP contribution is 2.08. The van der Waals surface area contributed by atoms with Crippen LogP contribution in [0.1, 0.15) is 21.2 Å². The summed E-state index contributed by atoms with van der Waals surface area (Å²) in [6.07, 6.45) is 0. The third kappa shape index (κ3) is 3.02. The maximum atomic E-state index is 11.8. The SMILES string of the molecule is Cc1csc(CNC(=O)c2cccc(NN)n2)n1. The number of rotatable bonds is 4. The topological polar surface area (TPSA) is 92.9 Å². The van der Waals surface area contributed by atoms with E-state index in [1.807, 2.05) is 12.3 Å². The molecule has 1 amide bonds. The Bertz CT molecular complexity index is 554. The summed E-state index contributed by atoms with van der Waals surface area (Å²) < 4.78 is 0. The fourth-order valence-corrected chi connectivity index (χ4v) is 2.08.